The first kappa shape index (κ1) is 15.3. The summed E-state index contributed by atoms with van der Waals surface area (Å²) >= 11 is 11.8. The zero-order valence-corrected chi connectivity index (χ0v) is 13.0. The van der Waals surface area contributed by atoms with E-state index >= 15 is 0 Å². The van der Waals surface area contributed by atoms with E-state index in [1.807, 2.05) is 4.90 Å². The number of aliphatic hydroxyl groups excluding tert-OH is 1. The van der Waals surface area contributed by atoms with E-state index in [4.69, 9.17) is 28.9 Å². The van der Waals surface area contributed by atoms with Gasteiger partial charge >= 0.3 is 0 Å². The molecule has 0 unspecified atom stereocenters. The van der Waals surface area contributed by atoms with E-state index in [1.54, 1.807) is 18.2 Å². The van der Waals surface area contributed by atoms with Crippen LogP contribution in [-0.4, -0.2) is 26.5 Å². The highest BCUT2D eigenvalue weighted by Crippen LogP contribution is 2.27. The van der Waals surface area contributed by atoms with Gasteiger partial charge in [-0.15, -0.1) is 0 Å². The molecule has 1 aromatic carbocycles. The third-order valence-electron chi connectivity index (χ3n) is 3.63. The number of fused-ring (bicyclic) bond motifs is 1. The van der Waals surface area contributed by atoms with Gasteiger partial charge < -0.3 is 10.8 Å². The number of benzene rings is 1. The second kappa shape index (κ2) is 5.89. The molecule has 3 rings (SSSR count). The number of H-pyrrole nitrogens is 1. The highest BCUT2D eigenvalue weighted by atomic mass is 35.5. The van der Waals surface area contributed by atoms with Gasteiger partial charge in [0.1, 0.15) is 0 Å². The van der Waals surface area contributed by atoms with E-state index in [1.165, 1.54) is 0 Å². The van der Waals surface area contributed by atoms with Crippen molar-refractivity contribution in [1.29, 1.82) is 0 Å². The van der Waals surface area contributed by atoms with Gasteiger partial charge in [0, 0.05) is 19.6 Å². The number of halogens is 2. The summed E-state index contributed by atoms with van der Waals surface area (Å²) in [5.41, 5.74) is 7.23. The quantitative estimate of drug-likeness (QED) is 0.790. The Labute approximate surface area is 136 Å². The maximum atomic E-state index is 11.8. The molecule has 116 valence electrons. The Balaban J connectivity index is 1.74. The van der Waals surface area contributed by atoms with Crippen LogP contribution in [0.2, 0.25) is 10.0 Å². The highest BCUT2D eigenvalue weighted by Gasteiger charge is 2.25. The first-order chi connectivity index (χ1) is 10.4. The molecule has 4 N–H and O–H groups in total. The van der Waals surface area contributed by atoms with Crippen LogP contribution >= 0.6 is 23.2 Å². The van der Waals surface area contributed by atoms with Gasteiger partial charge in [-0.05, 0) is 17.7 Å². The smallest absolute Gasteiger partial charge is 0.257 e. The Morgan fingerprint density at radius 1 is 1.36 bits per heavy atom. The number of nitrogen functional groups attached to an aromatic ring is 1. The zero-order chi connectivity index (χ0) is 15.9. The molecule has 0 amide bonds. The summed E-state index contributed by atoms with van der Waals surface area (Å²) in [5.74, 6) is 0.107. The lowest BCUT2D eigenvalue weighted by atomic mass is 10.1. The summed E-state index contributed by atoms with van der Waals surface area (Å²) in [6.45, 7) is 1.26. The van der Waals surface area contributed by atoms with Gasteiger partial charge in [-0.3, -0.25) is 14.7 Å². The van der Waals surface area contributed by atoms with Crippen LogP contribution in [0.3, 0.4) is 0 Å². The Morgan fingerprint density at radius 3 is 2.86 bits per heavy atom. The van der Waals surface area contributed by atoms with E-state index in [0.717, 1.165) is 0 Å². The Morgan fingerprint density at radius 2 is 2.14 bits per heavy atom. The first-order valence-electron chi connectivity index (χ1n) is 6.67. The Kier molecular flexibility index (Phi) is 4.10. The van der Waals surface area contributed by atoms with Gasteiger partial charge in [0.2, 0.25) is 5.95 Å². The lowest BCUT2D eigenvalue weighted by molar-refractivity contribution is 0.112. The second-order valence-electron chi connectivity index (χ2n) is 5.24. The van der Waals surface area contributed by atoms with Crippen molar-refractivity contribution >= 4 is 29.2 Å². The Hall–Kier alpha value is -1.60. The highest BCUT2D eigenvalue weighted by molar-refractivity contribution is 6.42. The number of aliphatic hydroxyl groups is 1. The zero-order valence-electron chi connectivity index (χ0n) is 11.5. The van der Waals surface area contributed by atoms with Crippen LogP contribution < -0.4 is 11.3 Å². The molecule has 1 aliphatic heterocycles. The van der Waals surface area contributed by atoms with Crippen molar-refractivity contribution in [3.63, 3.8) is 0 Å². The van der Waals surface area contributed by atoms with Gasteiger partial charge in [-0.2, -0.15) is 0 Å². The van der Waals surface area contributed by atoms with Gasteiger partial charge in [0.25, 0.3) is 5.56 Å². The van der Waals surface area contributed by atoms with E-state index in [-0.39, 0.29) is 11.5 Å². The SMILES string of the molecule is Nc1nc2c(c(=O)[nH]1)CN(C[C@@H](O)c1ccc(Cl)c(Cl)c1)C2. The van der Waals surface area contributed by atoms with Crippen LogP contribution in [0.15, 0.2) is 23.0 Å². The summed E-state index contributed by atoms with van der Waals surface area (Å²) < 4.78 is 0. The lowest BCUT2D eigenvalue weighted by Gasteiger charge is -2.19. The topological polar surface area (TPSA) is 95.2 Å². The molecule has 8 heteroatoms. The summed E-state index contributed by atoms with van der Waals surface area (Å²) in [6.07, 6.45) is -0.736. The number of β-amino-alcohol motifs (C(OH)–C–C–N with tert-alkyl or cyclic N) is 1. The molecule has 0 spiro atoms. The molecular weight excluding hydrogens is 327 g/mol. The predicted molar refractivity (Wildman–Crippen MR) is 84.8 cm³/mol. The third-order valence-corrected chi connectivity index (χ3v) is 4.37. The average Bonchev–Trinajstić information content (AvgIpc) is 2.84. The molecule has 1 aliphatic rings. The molecule has 1 aromatic heterocycles. The molecule has 0 saturated carbocycles. The number of anilines is 1. The number of hydrogen-bond acceptors (Lipinski definition) is 5. The average molecular weight is 341 g/mol. The van der Waals surface area contributed by atoms with Crippen LogP contribution in [0.25, 0.3) is 0 Å². The normalized spacial score (nSPS) is 15.8. The molecular formula is C14H14Cl2N4O2. The Bertz CT molecular complexity index is 778. The van der Waals surface area contributed by atoms with E-state index in [0.29, 0.717) is 46.5 Å². The summed E-state index contributed by atoms with van der Waals surface area (Å²) in [4.78, 5) is 20.4. The van der Waals surface area contributed by atoms with Gasteiger partial charge in [0.05, 0.1) is 27.4 Å². The molecule has 6 nitrogen and oxygen atoms in total. The van der Waals surface area contributed by atoms with Crippen molar-refractivity contribution in [2.24, 2.45) is 0 Å². The van der Waals surface area contributed by atoms with Crippen molar-refractivity contribution in [2.45, 2.75) is 19.2 Å². The standard InChI is InChI=1S/C14H14Cl2N4O2/c15-9-2-1-7(3-10(9)16)12(21)6-20-4-8-11(5-20)18-14(17)19-13(8)22/h1-3,12,21H,4-6H2,(H3,17,18,19,22)/t12-/m1/s1. The molecule has 0 aliphatic carbocycles. The van der Waals surface area contributed by atoms with Crippen molar-refractivity contribution < 1.29 is 5.11 Å². The summed E-state index contributed by atoms with van der Waals surface area (Å²) in [6, 6.07) is 5.01. The van der Waals surface area contributed by atoms with E-state index in [2.05, 4.69) is 9.97 Å². The molecule has 2 aromatic rings. The minimum Gasteiger partial charge on any atom is -0.387 e. The molecule has 0 saturated heterocycles. The number of hydrogen-bond donors (Lipinski definition) is 3. The van der Waals surface area contributed by atoms with Crippen LogP contribution in [0, 0.1) is 0 Å². The minimum atomic E-state index is -0.736. The van der Waals surface area contributed by atoms with Gasteiger partial charge in [-0.1, -0.05) is 29.3 Å². The maximum absolute atomic E-state index is 11.8. The van der Waals surface area contributed by atoms with Gasteiger partial charge in [-0.25, -0.2) is 4.98 Å². The number of rotatable bonds is 3. The summed E-state index contributed by atoms with van der Waals surface area (Å²) in [7, 11) is 0. The first-order valence-corrected chi connectivity index (χ1v) is 7.42. The van der Waals surface area contributed by atoms with Crippen molar-refractivity contribution in [3.05, 3.63) is 55.4 Å². The van der Waals surface area contributed by atoms with E-state index in [9.17, 15) is 9.90 Å². The van der Waals surface area contributed by atoms with Crippen LogP contribution in [-0.2, 0) is 13.1 Å². The molecule has 22 heavy (non-hydrogen) atoms. The van der Waals surface area contributed by atoms with Crippen LogP contribution in [0.1, 0.15) is 22.9 Å². The number of aromatic nitrogens is 2. The molecule has 0 fully saturated rings. The van der Waals surface area contributed by atoms with Crippen LogP contribution in [0.4, 0.5) is 5.95 Å². The number of nitrogens with zero attached hydrogens (tertiary/aromatic N) is 2. The van der Waals surface area contributed by atoms with Crippen molar-refractivity contribution in [1.82, 2.24) is 14.9 Å². The number of nitrogens with one attached hydrogen (secondary N) is 1. The van der Waals surface area contributed by atoms with E-state index < -0.39 is 6.10 Å². The second-order valence-corrected chi connectivity index (χ2v) is 6.05. The number of aromatic amines is 1. The fourth-order valence-corrected chi connectivity index (χ4v) is 2.85. The molecule has 0 radical (unpaired) electrons. The van der Waals surface area contributed by atoms with Crippen molar-refractivity contribution in [3.8, 4) is 0 Å². The molecule has 2 heterocycles. The molecule has 0 bridgehead atoms. The van der Waals surface area contributed by atoms with Crippen LogP contribution in [0.5, 0.6) is 0 Å². The fourth-order valence-electron chi connectivity index (χ4n) is 2.55. The summed E-state index contributed by atoms with van der Waals surface area (Å²) in [5, 5.41) is 11.2. The third kappa shape index (κ3) is 2.96. The predicted octanol–water partition coefficient (Wildman–Crippen LogP) is 1.71. The lowest BCUT2D eigenvalue weighted by Crippen LogP contribution is -2.24. The minimum absolute atomic E-state index is 0.107. The largest absolute Gasteiger partial charge is 0.387 e. The molecule has 1 atom stereocenters. The van der Waals surface area contributed by atoms with Gasteiger partial charge in [0.15, 0.2) is 0 Å². The number of nitrogens with two attached hydrogens (primary N) is 1. The maximum Gasteiger partial charge on any atom is 0.257 e. The monoisotopic (exact) mass is 340 g/mol. The fraction of sp³-hybridized carbons (Fsp3) is 0.286. The van der Waals surface area contributed by atoms with Crippen molar-refractivity contribution in [2.75, 3.05) is 12.3 Å².